The molecule has 0 aliphatic rings. The highest BCUT2D eigenvalue weighted by molar-refractivity contribution is 7.21. The number of thiophene rings is 1. The van der Waals surface area contributed by atoms with Crippen molar-refractivity contribution < 1.29 is 9.59 Å². The van der Waals surface area contributed by atoms with E-state index in [1.54, 1.807) is 24.3 Å². The summed E-state index contributed by atoms with van der Waals surface area (Å²) in [4.78, 5) is 28.6. The molecule has 0 saturated heterocycles. The van der Waals surface area contributed by atoms with Crippen LogP contribution in [0, 0.1) is 6.92 Å². The van der Waals surface area contributed by atoms with E-state index in [4.69, 9.17) is 0 Å². The summed E-state index contributed by atoms with van der Waals surface area (Å²) in [5, 5.41) is 4.02. The van der Waals surface area contributed by atoms with Crippen molar-refractivity contribution in [3.8, 4) is 0 Å². The normalized spacial score (nSPS) is 11.1. The Morgan fingerprint density at radius 2 is 1.67 bits per heavy atom. The van der Waals surface area contributed by atoms with Gasteiger partial charge in [-0.1, -0.05) is 36.4 Å². The van der Waals surface area contributed by atoms with Crippen LogP contribution in [0.5, 0.6) is 0 Å². The van der Waals surface area contributed by atoms with E-state index in [1.165, 1.54) is 11.3 Å². The lowest BCUT2D eigenvalue weighted by atomic mass is 9.99. The molecule has 140 valence electrons. The molecule has 3 aromatic rings. The number of fused-ring (bicyclic) bond motifs is 1. The number of carbonyl (C=O) groups excluding carboxylic acids is 2. The molecule has 0 atom stereocenters. The Labute approximate surface area is 163 Å². The van der Waals surface area contributed by atoms with Crippen LogP contribution < -0.4 is 5.32 Å². The summed E-state index contributed by atoms with van der Waals surface area (Å²) in [5.41, 5.74) is 1.86. The maximum Gasteiger partial charge on any atom is 0.252 e. The summed E-state index contributed by atoms with van der Waals surface area (Å²) < 4.78 is 1.09. The molecule has 0 spiro atoms. The van der Waals surface area contributed by atoms with Crippen molar-refractivity contribution in [3.05, 3.63) is 70.1 Å². The number of hydrogen-bond acceptors (Lipinski definition) is 4. The minimum absolute atomic E-state index is 0.0901. The number of aryl methyl sites for hydroxylation is 1. The van der Waals surface area contributed by atoms with Gasteiger partial charge in [-0.25, -0.2) is 0 Å². The largest absolute Gasteiger partial charge is 0.352 e. The lowest BCUT2D eigenvalue weighted by Gasteiger charge is -2.11. The van der Waals surface area contributed by atoms with Gasteiger partial charge in [0.2, 0.25) is 5.78 Å². The van der Waals surface area contributed by atoms with Crippen molar-refractivity contribution in [1.29, 1.82) is 0 Å². The molecule has 0 aliphatic heterocycles. The van der Waals surface area contributed by atoms with Gasteiger partial charge in [-0.15, -0.1) is 11.3 Å². The third kappa shape index (κ3) is 4.26. The zero-order valence-corrected chi connectivity index (χ0v) is 16.7. The first kappa shape index (κ1) is 19.3. The van der Waals surface area contributed by atoms with Crippen LogP contribution >= 0.6 is 11.3 Å². The molecule has 1 aromatic heterocycles. The van der Waals surface area contributed by atoms with Crippen molar-refractivity contribution in [2.45, 2.75) is 13.3 Å². The first-order chi connectivity index (χ1) is 13.0. The van der Waals surface area contributed by atoms with Gasteiger partial charge in [-0.2, -0.15) is 0 Å². The lowest BCUT2D eigenvalue weighted by molar-refractivity contribution is 0.0941. The summed E-state index contributed by atoms with van der Waals surface area (Å²) in [6.45, 7) is 3.46. The fraction of sp³-hybridized carbons (Fsp3) is 0.273. The average molecular weight is 381 g/mol. The highest BCUT2D eigenvalue weighted by Crippen LogP contribution is 2.32. The average Bonchev–Trinajstić information content (AvgIpc) is 3.01. The standard InChI is InChI=1S/C22H24N2O2S/c1-15-16-9-6-7-12-19(16)27-21(15)20(25)17-10-4-5-11-18(17)22(26)23-13-8-14-24(2)3/h4-7,9-12H,8,13-14H2,1-3H3,(H,23,26). The number of nitrogens with zero attached hydrogens (tertiary/aromatic N) is 1. The summed E-state index contributed by atoms with van der Waals surface area (Å²) in [7, 11) is 4.01. The number of benzene rings is 2. The first-order valence-electron chi connectivity index (χ1n) is 9.04. The second-order valence-electron chi connectivity index (χ2n) is 6.84. The predicted octanol–water partition coefficient (Wildman–Crippen LogP) is 4.12. The highest BCUT2D eigenvalue weighted by Gasteiger charge is 2.21. The second-order valence-corrected chi connectivity index (χ2v) is 7.89. The van der Waals surface area contributed by atoms with Crippen LogP contribution in [0.1, 0.15) is 37.6 Å². The van der Waals surface area contributed by atoms with Gasteiger partial charge < -0.3 is 10.2 Å². The molecule has 0 unspecified atom stereocenters. The number of ketones is 1. The second kappa shape index (κ2) is 8.46. The Kier molecular flexibility index (Phi) is 6.04. The topological polar surface area (TPSA) is 49.4 Å². The van der Waals surface area contributed by atoms with E-state index in [0.717, 1.165) is 28.6 Å². The molecule has 0 saturated carbocycles. The Balaban J connectivity index is 1.85. The van der Waals surface area contributed by atoms with Crippen LogP contribution in [-0.2, 0) is 0 Å². The fourth-order valence-corrected chi connectivity index (χ4v) is 4.25. The van der Waals surface area contributed by atoms with Gasteiger partial charge in [0.25, 0.3) is 5.91 Å². The van der Waals surface area contributed by atoms with Crippen LogP contribution in [0.3, 0.4) is 0 Å². The van der Waals surface area contributed by atoms with Crippen molar-refractivity contribution in [3.63, 3.8) is 0 Å². The monoisotopic (exact) mass is 380 g/mol. The molecule has 1 heterocycles. The first-order valence-corrected chi connectivity index (χ1v) is 9.85. The zero-order valence-electron chi connectivity index (χ0n) is 15.9. The van der Waals surface area contributed by atoms with Crippen LogP contribution in [0.25, 0.3) is 10.1 Å². The molecule has 3 rings (SSSR count). The van der Waals surface area contributed by atoms with Gasteiger partial charge in [0.1, 0.15) is 0 Å². The molecular formula is C22H24N2O2S. The SMILES string of the molecule is Cc1c(C(=O)c2ccccc2C(=O)NCCCN(C)C)sc2ccccc12. The van der Waals surface area contributed by atoms with Gasteiger partial charge in [0.15, 0.2) is 0 Å². The van der Waals surface area contributed by atoms with E-state index in [9.17, 15) is 9.59 Å². The number of carbonyl (C=O) groups is 2. The van der Waals surface area contributed by atoms with Crippen molar-refractivity contribution >= 4 is 33.1 Å². The third-order valence-corrected chi connectivity index (χ3v) is 5.81. The van der Waals surface area contributed by atoms with Gasteiger partial charge in [0.05, 0.1) is 10.4 Å². The van der Waals surface area contributed by atoms with E-state index in [1.807, 2.05) is 45.3 Å². The van der Waals surface area contributed by atoms with Crippen LogP contribution in [0.2, 0.25) is 0 Å². The molecule has 2 aromatic carbocycles. The molecule has 0 radical (unpaired) electrons. The lowest BCUT2D eigenvalue weighted by Crippen LogP contribution is -2.28. The Hall–Kier alpha value is -2.50. The smallest absolute Gasteiger partial charge is 0.252 e. The molecule has 0 aliphatic carbocycles. The molecule has 1 N–H and O–H groups in total. The summed E-state index contributed by atoms with van der Waals surface area (Å²) in [6.07, 6.45) is 0.865. The highest BCUT2D eigenvalue weighted by atomic mass is 32.1. The number of rotatable bonds is 7. The van der Waals surface area contributed by atoms with Crippen molar-refractivity contribution in [2.24, 2.45) is 0 Å². The number of amides is 1. The van der Waals surface area contributed by atoms with E-state index < -0.39 is 0 Å². The van der Waals surface area contributed by atoms with Crippen molar-refractivity contribution in [1.82, 2.24) is 10.2 Å². The zero-order chi connectivity index (χ0) is 19.4. The van der Waals surface area contributed by atoms with Gasteiger partial charge in [-0.05, 0) is 57.1 Å². The predicted molar refractivity (Wildman–Crippen MR) is 112 cm³/mol. The molecule has 5 heteroatoms. The third-order valence-electron chi connectivity index (χ3n) is 4.53. The van der Waals surface area contributed by atoms with Crippen LogP contribution in [0.15, 0.2) is 48.5 Å². The van der Waals surface area contributed by atoms with Gasteiger partial charge >= 0.3 is 0 Å². The quantitative estimate of drug-likeness (QED) is 0.495. The fourth-order valence-electron chi connectivity index (χ4n) is 3.08. The maximum atomic E-state index is 13.2. The van der Waals surface area contributed by atoms with Crippen LogP contribution in [-0.4, -0.2) is 43.8 Å². The number of nitrogens with one attached hydrogen (secondary N) is 1. The van der Waals surface area contributed by atoms with E-state index >= 15 is 0 Å². The minimum atomic E-state index is -0.198. The van der Waals surface area contributed by atoms with Crippen LogP contribution in [0.4, 0.5) is 0 Å². The van der Waals surface area contributed by atoms with E-state index in [0.29, 0.717) is 22.5 Å². The molecule has 1 amide bonds. The van der Waals surface area contributed by atoms with Gasteiger partial charge in [0, 0.05) is 16.8 Å². The Bertz CT molecular complexity index is 975. The maximum absolute atomic E-state index is 13.2. The Morgan fingerprint density at radius 1 is 1.00 bits per heavy atom. The number of hydrogen-bond donors (Lipinski definition) is 1. The van der Waals surface area contributed by atoms with Gasteiger partial charge in [-0.3, -0.25) is 9.59 Å². The molecule has 4 nitrogen and oxygen atoms in total. The molecule has 27 heavy (non-hydrogen) atoms. The molecule has 0 fully saturated rings. The summed E-state index contributed by atoms with van der Waals surface area (Å²) >= 11 is 1.49. The summed E-state index contributed by atoms with van der Waals surface area (Å²) in [6, 6.07) is 15.1. The Morgan fingerprint density at radius 3 is 2.37 bits per heavy atom. The van der Waals surface area contributed by atoms with Crippen molar-refractivity contribution in [2.75, 3.05) is 27.2 Å². The molecule has 0 bridgehead atoms. The van der Waals surface area contributed by atoms with E-state index in [2.05, 4.69) is 10.2 Å². The summed E-state index contributed by atoms with van der Waals surface area (Å²) in [5.74, 6) is -0.288. The van der Waals surface area contributed by atoms with E-state index in [-0.39, 0.29) is 11.7 Å². The molecular weight excluding hydrogens is 356 g/mol. The minimum Gasteiger partial charge on any atom is -0.352 e.